The van der Waals surface area contributed by atoms with Gasteiger partial charge in [0, 0.05) is 73.0 Å². The third-order valence-corrected chi connectivity index (χ3v) is 11.0. The smallest absolute Gasteiger partial charge is 0.164 e. The molecule has 0 unspecified atom stereocenters. The normalized spacial score (nSPS) is 12.5. The first kappa shape index (κ1) is 42.7. The number of fused-ring (bicyclic) bond motifs is 2. The molecule has 0 aliphatic rings. The first-order valence-corrected chi connectivity index (χ1v) is 18.6. The molecule has 1 N–H and O–H groups in total. The van der Waals surface area contributed by atoms with E-state index in [0.29, 0.717) is 5.92 Å². The number of furan rings is 1. The third-order valence-electron chi connectivity index (χ3n) is 11.0. The van der Waals surface area contributed by atoms with Gasteiger partial charge in [0.05, 0.1) is 12.5 Å². The molecule has 1 radical (unpaired) electrons. The number of rotatable bonds is 11. The molecular formula is C46H59IrN2O3-. The van der Waals surface area contributed by atoms with E-state index >= 15 is 0 Å². The second kappa shape index (κ2) is 17.4. The molecule has 0 spiro atoms. The first-order chi connectivity index (χ1) is 24.0. The Hall–Kier alpha value is -3.73. The van der Waals surface area contributed by atoms with Crippen LogP contribution in [0.4, 0.5) is 0 Å². The Morgan fingerprint density at radius 1 is 0.942 bits per heavy atom. The van der Waals surface area contributed by atoms with Crippen molar-refractivity contribution in [1.82, 2.24) is 4.98 Å². The summed E-state index contributed by atoms with van der Waals surface area (Å²) in [7, 11) is 4.26. The number of aromatic nitrogens is 2. The summed E-state index contributed by atoms with van der Waals surface area (Å²) in [6, 6.07) is 18.6. The molecule has 0 saturated heterocycles. The predicted molar refractivity (Wildman–Crippen MR) is 213 cm³/mol. The molecule has 0 aliphatic carbocycles. The van der Waals surface area contributed by atoms with Crippen LogP contribution in [0.3, 0.4) is 0 Å². The summed E-state index contributed by atoms with van der Waals surface area (Å²) < 4.78 is 7.98. The quantitative estimate of drug-likeness (QED) is 0.0621. The maximum atomic E-state index is 12.2. The molecule has 0 atom stereocenters. The van der Waals surface area contributed by atoms with Gasteiger partial charge in [-0.1, -0.05) is 105 Å². The number of nitrogens with zero attached hydrogens (tertiary/aromatic N) is 2. The van der Waals surface area contributed by atoms with Crippen molar-refractivity contribution in [2.24, 2.45) is 16.7 Å². The molecule has 5 nitrogen and oxygen atoms in total. The number of pyridine rings is 2. The Morgan fingerprint density at radius 2 is 1.58 bits per heavy atom. The monoisotopic (exact) mass is 880 g/mol. The van der Waals surface area contributed by atoms with E-state index in [0.717, 1.165) is 70.8 Å². The zero-order valence-electron chi connectivity index (χ0n) is 33.2. The van der Waals surface area contributed by atoms with Gasteiger partial charge in [-0.15, -0.1) is 29.1 Å². The van der Waals surface area contributed by atoms with Crippen LogP contribution in [0.2, 0.25) is 0 Å². The average molecular weight is 880 g/mol. The maximum Gasteiger partial charge on any atom is 0.164 e. The van der Waals surface area contributed by atoms with Crippen molar-refractivity contribution >= 4 is 27.5 Å². The number of hydrogen-bond acceptors (Lipinski definition) is 4. The number of allylic oxidation sites excluding steroid dienone is 2. The topological polar surface area (TPSA) is 67.2 Å². The van der Waals surface area contributed by atoms with Crippen LogP contribution in [0.1, 0.15) is 113 Å². The summed E-state index contributed by atoms with van der Waals surface area (Å²) in [6.07, 6.45) is 13.4. The zero-order valence-corrected chi connectivity index (χ0v) is 35.6. The van der Waals surface area contributed by atoms with E-state index < -0.39 is 0 Å². The number of ketones is 1. The van der Waals surface area contributed by atoms with Crippen LogP contribution in [-0.2, 0) is 36.7 Å². The van der Waals surface area contributed by atoms with E-state index in [1.165, 1.54) is 22.6 Å². The summed E-state index contributed by atoms with van der Waals surface area (Å²) in [5.74, 6) is 0.840. The molecule has 5 aromatic rings. The molecule has 3 aromatic heterocycles. The van der Waals surface area contributed by atoms with Crippen LogP contribution in [0.5, 0.6) is 0 Å². The second-order valence-electron chi connectivity index (χ2n) is 16.0. The second-order valence-corrected chi connectivity index (χ2v) is 16.0. The van der Waals surface area contributed by atoms with Crippen molar-refractivity contribution < 1.29 is 39.0 Å². The first-order valence-electron chi connectivity index (χ1n) is 18.6. The maximum absolute atomic E-state index is 12.2. The fourth-order valence-corrected chi connectivity index (χ4v) is 6.40. The zero-order chi connectivity index (χ0) is 37.7. The summed E-state index contributed by atoms with van der Waals surface area (Å²) in [5, 5.41) is 13.6. The van der Waals surface area contributed by atoms with Crippen molar-refractivity contribution in [3.8, 4) is 22.4 Å². The SMILES string of the molecule is CCC(C)(CC)C(=O)/C=C(\O)C(C)(CC)CC.[CH2-][n+]1ccc(-c2cncc3c(CC(C)C)coc23)cc1-c1[c-]c2ccccc2c(C(C)(C)C)c1.[Ir]. The molecule has 0 fully saturated rings. The number of aliphatic hydroxyl groups is 1. The number of hydrogen-bond donors (Lipinski definition) is 1. The molecule has 281 valence electrons. The fraction of sp³-hybridized carbons (Fsp3) is 0.435. The van der Waals surface area contributed by atoms with Crippen LogP contribution in [-0.4, -0.2) is 15.9 Å². The molecule has 2 aromatic carbocycles. The summed E-state index contributed by atoms with van der Waals surface area (Å²) in [6.45, 7) is 23.3. The van der Waals surface area contributed by atoms with Crippen molar-refractivity contribution in [2.75, 3.05) is 0 Å². The Bertz CT molecular complexity index is 2010. The third kappa shape index (κ3) is 9.25. The van der Waals surface area contributed by atoms with Gasteiger partial charge in [0.15, 0.2) is 5.78 Å². The fourth-order valence-electron chi connectivity index (χ4n) is 6.40. The molecule has 5 rings (SSSR count). The molecule has 0 bridgehead atoms. The predicted octanol–water partition coefficient (Wildman–Crippen LogP) is 12.2. The van der Waals surface area contributed by atoms with E-state index in [2.05, 4.69) is 95.2 Å². The molecule has 3 heterocycles. The number of aliphatic hydroxyl groups excluding tert-OH is 1. The standard InChI is InChI=1S/C31H31N2O.C15H28O2.Ir/c1-20(2)13-24-19-34-30-26(17-32-18-27(24)30)22-11-12-33(6)29(16-22)23-14-21-9-7-8-10-25(21)28(15-23)31(3,4)5;1-7-14(5,8-2)12(16)11-13(17)15(6,9-3)10-4;/h7-12,15-20H,6,13H2,1-5H3;11,16H,7-10H2,1-6H3;/q-1;;/b;12-11-;. The van der Waals surface area contributed by atoms with E-state index in [4.69, 9.17) is 4.42 Å². The number of carbonyl (C=O) groups excluding carboxylic acids is 1. The van der Waals surface area contributed by atoms with Crippen LogP contribution >= 0.6 is 0 Å². The van der Waals surface area contributed by atoms with Gasteiger partial charge in [0.1, 0.15) is 17.0 Å². The van der Waals surface area contributed by atoms with Gasteiger partial charge in [0.25, 0.3) is 0 Å². The van der Waals surface area contributed by atoms with Gasteiger partial charge < -0.3 is 14.1 Å². The average Bonchev–Trinajstić information content (AvgIpc) is 3.52. The van der Waals surface area contributed by atoms with Gasteiger partial charge >= 0.3 is 0 Å². The van der Waals surface area contributed by atoms with E-state index in [1.807, 2.05) is 71.0 Å². The van der Waals surface area contributed by atoms with Crippen molar-refractivity contribution in [3.05, 3.63) is 103 Å². The van der Waals surface area contributed by atoms with E-state index in [9.17, 15) is 9.90 Å². The molecule has 0 aliphatic heterocycles. The largest absolute Gasteiger partial charge is 0.512 e. The Kier molecular flexibility index (Phi) is 14.3. The number of benzene rings is 2. The summed E-state index contributed by atoms with van der Waals surface area (Å²) in [4.78, 5) is 16.7. The van der Waals surface area contributed by atoms with Gasteiger partial charge in [-0.2, -0.15) is 0 Å². The minimum Gasteiger partial charge on any atom is -0.512 e. The van der Waals surface area contributed by atoms with Gasteiger partial charge in [0.2, 0.25) is 0 Å². The van der Waals surface area contributed by atoms with E-state index in [1.54, 1.807) is 0 Å². The van der Waals surface area contributed by atoms with Crippen molar-refractivity contribution in [2.45, 2.75) is 114 Å². The van der Waals surface area contributed by atoms with Gasteiger partial charge in [-0.25, -0.2) is 0 Å². The molecule has 6 heteroatoms. The van der Waals surface area contributed by atoms with Crippen LogP contribution < -0.4 is 4.57 Å². The summed E-state index contributed by atoms with van der Waals surface area (Å²) in [5.41, 5.74) is 6.87. The van der Waals surface area contributed by atoms with Crippen LogP contribution in [0.15, 0.2) is 83.6 Å². The van der Waals surface area contributed by atoms with Crippen LogP contribution in [0, 0.1) is 29.9 Å². The van der Waals surface area contributed by atoms with Crippen molar-refractivity contribution in [1.29, 1.82) is 0 Å². The molecular weight excluding hydrogens is 821 g/mol. The Balaban J connectivity index is 0.000000347. The molecule has 0 saturated carbocycles. The Morgan fingerprint density at radius 3 is 2.17 bits per heavy atom. The van der Waals surface area contributed by atoms with Gasteiger partial charge in [-0.05, 0) is 61.1 Å². The molecule has 0 amide bonds. The minimum atomic E-state index is -0.337. The van der Waals surface area contributed by atoms with E-state index in [-0.39, 0.29) is 47.9 Å². The van der Waals surface area contributed by atoms with Crippen molar-refractivity contribution in [3.63, 3.8) is 0 Å². The summed E-state index contributed by atoms with van der Waals surface area (Å²) >= 11 is 0. The minimum absolute atomic E-state index is 0. The molecule has 52 heavy (non-hydrogen) atoms. The van der Waals surface area contributed by atoms with Gasteiger partial charge in [-0.3, -0.25) is 9.78 Å². The Labute approximate surface area is 326 Å². The van der Waals surface area contributed by atoms with Crippen LogP contribution in [0.25, 0.3) is 44.1 Å². The number of carbonyl (C=O) groups is 1.